The molecular weight excluding hydrogens is 422 g/mol. The van der Waals surface area contributed by atoms with Gasteiger partial charge in [-0.15, -0.1) is 0 Å². The van der Waals surface area contributed by atoms with Crippen LogP contribution in [0.4, 0.5) is 0 Å². The number of nitrogens with zero attached hydrogens (tertiary/aromatic N) is 1. The van der Waals surface area contributed by atoms with Gasteiger partial charge in [-0.2, -0.15) is 0 Å². The molecule has 32 heavy (non-hydrogen) atoms. The number of fused-ring (bicyclic) bond motifs is 2. The third-order valence-electron chi connectivity index (χ3n) is 6.79. The smallest absolute Gasteiger partial charge is 0.259 e. The SMILES string of the molecule is O=C1NC(=O)C(c2cn(C3C=CCCC3)c3ccccc23)=C1C1=C(Cl)NC2C=CC=CC12. The highest BCUT2D eigenvalue weighted by molar-refractivity contribution is 6.40. The lowest BCUT2D eigenvalue weighted by Crippen LogP contribution is -2.27. The molecule has 6 heteroatoms. The van der Waals surface area contributed by atoms with Crippen LogP contribution in [0, 0.1) is 5.92 Å². The van der Waals surface area contributed by atoms with Crippen molar-refractivity contribution in [2.75, 3.05) is 0 Å². The molecule has 0 bridgehead atoms. The van der Waals surface area contributed by atoms with Crippen molar-refractivity contribution in [3.8, 4) is 0 Å². The second kappa shape index (κ2) is 7.38. The van der Waals surface area contributed by atoms with Gasteiger partial charge >= 0.3 is 0 Å². The number of hydrogen-bond donors (Lipinski definition) is 2. The molecule has 0 saturated heterocycles. The highest BCUT2D eigenvalue weighted by atomic mass is 35.5. The molecule has 2 N–H and O–H groups in total. The van der Waals surface area contributed by atoms with Gasteiger partial charge < -0.3 is 9.88 Å². The molecule has 4 aliphatic rings. The maximum absolute atomic E-state index is 13.1. The van der Waals surface area contributed by atoms with E-state index in [0.29, 0.717) is 21.9 Å². The van der Waals surface area contributed by atoms with Gasteiger partial charge in [-0.25, -0.2) is 0 Å². The monoisotopic (exact) mass is 443 g/mol. The maximum Gasteiger partial charge on any atom is 0.259 e. The van der Waals surface area contributed by atoms with Gasteiger partial charge in [0.1, 0.15) is 5.16 Å². The molecule has 2 amide bonds. The van der Waals surface area contributed by atoms with E-state index >= 15 is 0 Å². The van der Waals surface area contributed by atoms with E-state index in [4.69, 9.17) is 11.6 Å². The van der Waals surface area contributed by atoms with Crippen molar-refractivity contribution < 1.29 is 9.59 Å². The molecule has 3 atom stereocenters. The van der Waals surface area contributed by atoms with Crippen LogP contribution in [-0.2, 0) is 9.59 Å². The Hall–Kier alpha value is -3.31. The Labute approximate surface area is 190 Å². The zero-order valence-electron chi connectivity index (χ0n) is 17.3. The van der Waals surface area contributed by atoms with Crippen LogP contribution >= 0.6 is 11.6 Å². The van der Waals surface area contributed by atoms with E-state index in [2.05, 4.69) is 33.4 Å². The summed E-state index contributed by atoms with van der Waals surface area (Å²) in [5.74, 6) is -0.857. The van der Waals surface area contributed by atoms with Gasteiger partial charge in [-0.1, -0.05) is 66.3 Å². The summed E-state index contributed by atoms with van der Waals surface area (Å²) in [5.41, 5.74) is 3.30. The molecule has 2 aliphatic heterocycles. The zero-order valence-corrected chi connectivity index (χ0v) is 18.1. The molecule has 0 fully saturated rings. The van der Waals surface area contributed by atoms with E-state index in [-0.39, 0.29) is 23.9 Å². The van der Waals surface area contributed by atoms with Gasteiger partial charge in [0.05, 0.1) is 23.2 Å². The highest BCUT2D eigenvalue weighted by Gasteiger charge is 2.42. The fraction of sp³-hybridized carbons (Fsp3) is 0.231. The van der Waals surface area contributed by atoms with Crippen molar-refractivity contribution in [2.45, 2.75) is 31.3 Å². The summed E-state index contributed by atoms with van der Waals surface area (Å²) in [6, 6.07) is 8.28. The summed E-state index contributed by atoms with van der Waals surface area (Å²) in [7, 11) is 0. The molecular formula is C26H22ClN3O2. The van der Waals surface area contributed by atoms with Gasteiger partial charge in [-0.05, 0) is 25.3 Å². The molecule has 0 radical (unpaired) electrons. The van der Waals surface area contributed by atoms with Gasteiger partial charge in [0.15, 0.2) is 0 Å². The van der Waals surface area contributed by atoms with Crippen LogP contribution in [0.1, 0.15) is 30.9 Å². The van der Waals surface area contributed by atoms with E-state index in [0.717, 1.165) is 35.7 Å². The first kappa shape index (κ1) is 19.4. The minimum absolute atomic E-state index is 0.0199. The Bertz CT molecular complexity index is 1320. The van der Waals surface area contributed by atoms with Crippen LogP contribution in [0.2, 0.25) is 0 Å². The number of carbonyl (C=O) groups is 2. The highest BCUT2D eigenvalue weighted by Crippen LogP contribution is 2.43. The number of halogens is 1. The average Bonchev–Trinajstić information content (AvgIpc) is 3.44. The van der Waals surface area contributed by atoms with Crippen molar-refractivity contribution in [3.05, 3.63) is 88.8 Å². The lowest BCUT2D eigenvalue weighted by atomic mass is 9.85. The number of nitrogens with one attached hydrogen (secondary N) is 2. The zero-order chi connectivity index (χ0) is 21.8. The number of benzene rings is 1. The first-order valence-electron chi connectivity index (χ1n) is 11.0. The van der Waals surface area contributed by atoms with Gasteiger partial charge in [0, 0.05) is 34.2 Å². The Morgan fingerprint density at radius 2 is 1.81 bits per heavy atom. The topological polar surface area (TPSA) is 63.1 Å². The molecule has 6 rings (SSSR count). The fourth-order valence-electron chi connectivity index (χ4n) is 5.34. The van der Waals surface area contributed by atoms with Crippen molar-refractivity contribution in [1.82, 2.24) is 15.2 Å². The van der Waals surface area contributed by atoms with Crippen molar-refractivity contribution in [3.63, 3.8) is 0 Å². The number of hydrogen-bond acceptors (Lipinski definition) is 3. The van der Waals surface area contributed by atoms with Crippen molar-refractivity contribution in [1.29, 1.82) is 0 Å². The molecule has 0 spiro atoms. The molecule has 160 valence electrons. The van der Waals surface area contributed by atoms with Gasteiger partial charge in [-0.3, -0.25) is 14.9 Å². The first-order valence-corrected chi connectivity index (χ1v) is 11.4. The third kappa shape index (κ3) is 2.84. The predicted octanol–water partition coefficient (Wildman–Crippen LogP) is 4.50. The van der Waals surface area contributed by atoms with Crippen LogP contribution in [0.5, 0.6) is 0 Å². The van der Waals surface area contributed by atoms with Crippen LogP contribution in [0.15, 0.2) is 83.2 Å². The molecule has 2 aromatic rings. The van der Waals surface area contributed by atoms with E-state index in [1.165, 1.54) is 0 Å². The average molecular weight is 444 g/mol. The second-order valence-electron chi connectivity index (χ2n) is 8.62. The quantitative estimate of drug-likeness (QED) is 0.417. The molecule has 1 aromatic heterocycles. The standard InChI is InChI=1S/C26H22ClN3O2/c27-24-21(17-11-4-6-12-19(17)28-24)23-22(25(31)29-26(23)32)18-14-30(15-8-2-1-3-9-15)20-13-7-5-10-16(18)20/h2,4-8,10-15,17,19,28H,1,3,9H2,(H,29,31,32). The number of imide groups is 1. The van der Waals surface area contributed by atoms with Crippen molar-refractivity contribution >= 4 is 39.9 Å². The van der Waals surface area contributed by atoms with E-state index in [1.807, 2.05) is 48.7 Å². The van der Waals surface area contributed by atoms with Gasteiger partial charge in [0.25, 0.3) is 11.8 Å². The van der Waals surface area contributed by atoms with E-state index in [9.17, 15) is 9.59 Å². The maximum atomic E-state index is 13.1. The lowest BCUT2D eigenvalue weighted by Gasteiger charge is -2.19. The number of rotatable bonds is 3. The summed E-state index contributed by atoms with van der Waals surface area (Å²) in [6.45, 7) is 0. The minimum Gasteiger partial charge on any atom is -0.368 e. The second-order valence-corrected chi connectivity index (χ2v) is 9.00. The first-order chi connectivity index (χ1) is 15.6. The molecule has 5 nitrogen and oxygen atoms in total. The Balaban J connectivity index is 1.58. The number of amides is 2. The molecule has 3 heterocycles. The lowest BCUT2D eigenvalue weighted by molar-refractivity contribution is -0.123. The summed E-state index contributed by atoms with van der Waals surface area (Å²) in [5, 5.41) is 7.16. The Morgan fingerprint density at radius 1 is 1.00 bits per heavy atom. The Morgan fingerprint density at radius 3 is 2.66 bits per heavy atom. The normalized spacial score (nSPS) is 26.8. The van der Waals surface area contributed by atoms with E-state index < -0.39 is 5.91 Å². The molecule has 1 aromatic carbocycles. The number of para-hydroxylation sites is 1. The number of aromatic nitrogens is 1. The number of allylic oxidation sites excluding steroid dienone is 4. The molecule has 2 aliphatic carbocycles. The summed E-state index contributed by atoms with van der Waals surface area (Å²) in [6.07, 6.45) is 17.7. The van der Waals surface area contributed by atoms with E-state index in [1.54, 1.807) is 0 Å². The minimum atomic E-state index is -0.391. The Kier molecular flexibility index (Phi) is 4.47. The molecule has 3 unspecified atom stereocenters. The van der Waals surface area contributed by atoms with Crippen LogP contribution < -0.4 is 10.6 Å². The summed E-state index contributed by atoms with van der Waals surface area (Å²) >= 11 is 6.60. The van der Waals surface area contributed by atoms with Gasteiger partial charge in [0.2, 0.25) is 0 Å². The third-order valence-corrected chi connectivity index (χ3v) is 7.11. The molecule has 0 saturated carbocycles. The predicted molar refractivity (Wildman–Crippen MR) is 126 cm³/mol. The van der Waals surface area contributed by atoms with Crippen LogP contribution in [0.3, 0.4) is 0 Å². The fourth-order valence-corrected chi connectivity index (χ4v) is 5.69. The summed E-state index contributed by atoms with van der Waals surface area (Å²) < 4.78 is 2.23. The van der Waals surface area contributed by atoms with Crippen LogP contribution in [0.25, 0.3) is 16.5 Å². The summed E-state index contributed by atoms with van der Waals surface area (Å²) in [4.78, 5) is 26.2. The van der Waals surface area contributed by atoms with Crippen LogP contribution in [-0.4, -0.2) is 22.4 Å². The number of carbonyl (C=O) groups excluding carboxylic acids is 2. The van der Waals surface area contributed by atoms with Crippen molar-refractivity contribution in [2.24, 2.45) is 5.92 Å². The largest absolute Gasteiger partial charge is 0.368 e.